The molecule has 0 atom stereocenters. The standard InChI is InChI=1S/C17H21FN2O4/c18-14-9-5-4-8-13(14)17(23)19-10-16(22)24-11-15(21)20-12-6-2-1-3-7-12/h4-5,8-9,12H,1-3,6-7,10-11H2,(H,19,23)(H,20,21). The van der Waals surface area contributed by atoms with Gasteiger partial charge in [0.2, 0.25) is 0 Å². The van der Waals surface area contributed by atoms with Gasteiger partial charge in [0, 0.05) is 6.04 Å². The number of nitrogens with one attached hydrogen (secondary N) is 2. The lowest BCUT2D eigenvalue weighted by Crippen LogP contribution is -2.39. The minimum Gasteiger partial charge on any atom is -0.454 e. The first-order chi connectivity index (χ1) is 11.6. The maximum atomic E-state index is 13.4. The molecule has 7 heteroatoms. The summed E-state index contributed by atoms with van der Waals surface area (Å²) in [5.74, 6) is -2.49. The molecule has 2 rings (SSSR count). The molecule has 2 amide bonds. The van der Waals surface area contributed by atoms with Crippen LogP contribution in [-0.2, 0) is 14.3 Å². The third kappa shape index (κ3) is 5.64. The summed E-state index contributed by atoms with van der Waals surface area (Å²) in [6.07, 6.45) is 5.25. The molecule has 0 saturated heterocycles. The van der Waals surface area contributed by atoms with Crippen molar-refractivity contribution in [2.45, 2.75) is 38.1 Å². The van der Waals surface area contributed by atoms with E-state index in [4.69, 9.17) is 4.74 Å². The molecule has 6 nitrogen and oxygen atoms in total. The highest BCUT2D eigenvalue weighted by molar-refractivity contribution is 5.96. The summed E-state index contributed by atoms with van der Waals surface area (Å²) in [5.41, 5.74) is -0.152. The van der Waals surface area contributed by atoms with Gasteiger partial charge in [0.15, 0.2) is 6.61 Å². The van der Waals surface area contributed by atoms with Crippen molar-refractivity contribution in [3.05, 3.63) is 35.6 Å². The molecule has 130 valence electrons. The molecule has 0 bridgehead atoms. The largest absolute Gasteiger partial charge is 0.454 e. The Kier molecular flexibility index (Phi) is 6.72. The van der Waals surface area contributed by atoms with Gasteiger partial charge in [-0.25, -0.2) is 4.39 Å². The normalized spacial score (nSPS) is 14.7. The van der Waals surface area contributed by atoms with E-state index in [1.807, 2.05) is 0 Å². The Bertz CT molecular complexity index is 600. The van der Waals surface area contributed by atoms with E-state index < -0.39 is 24.2 Å². The van der Waals surface area contributed by atoms with Crippen molar-refractivity contribution in [3.63, 3.8) is 0 Å². The minimum atomic E-state index is -0.751. The van der Waals surface area contributed by atoms with Crippen molar-refractivity contribution < 1.29 is 23.5 Å². The summed E-state index contributed by atoms with van der Waals surface area (Å²) in [7, 11) is 0. The van der Waals surface area contributed by atoms with Crippen LogP contribution in [0.25, 0.3) is 0 Å². The zero-order valence-corrected chi connectivity index (χ0v) is 13.3. The highest BCUT2D eigenvalue weighted by atomic mass is 19.1. The number of hydrogen-bond donors (Lipinski definition) is 2. The molecule has 0 aliphatic heterocycles. The summed E-state index contributed by atoms with van der Waals surface area (Å²) in [6, 6.07) is 5.60. The lowest BCUT2D eigenvalue weighted by Gasteiger charge is -2.22. The van der Waals surface area contributed by atoms with Gasteiger partial charge in [-0.05, 0) is 25.0 Å². The number of benzene rings is 1. The van der Waals surface area contributed by atoms with Crippen LogP contribution in [0.15, 0.2) is 24.3 Å². The number of esters is 1. The summed E-state index contributed by atoms with van der Waals surface area (Å²) in [6.45, 7) is -0.811. The highest BCUT2D eigenvalue weighted by Gasteiger charge is 2.17. The predicted molar refractivity (Wildman–Crippen MR) is 84.7 cm³/mol. The molecule has 0 unspecified atom stereocenters. The SMILES string of the molecule is O=C(COC(=O)CNC(=O)c1ccccc1F)NC1CCCCC1. The maximum Gasteiger partial charge on any atom is 0.325 e. The van der Waals surface area contributed by atoms with Crippen LogP contribution in [0.1, 0.15) is 42.5 Å². The lowest BCUT2D eigenvalue weighted by atomic mass is 9.95. The fourth-order valence-corrected chi connectivity index (χ4v) is 2.61. The van der Waals surface area contributed by atoms with E-state index >= 15 is 0 Å². The second-order valence-electron chi connectivity index (χ2n) is 5.73. The Balaban J connectivity index is 1.66. The van der Waals surface area contributed by atoms with Gasteiger partial charge in [-0.1, -0.05) is 31.4 Å². The maximum absolute atomic E-state index is 13.4. The molecule has 1 aliphatic carbocycles. The fourth-order valence-electron chi connectivity index (χ4n) is 2.61. The molecule has 0 heterocycles. The van der Waals surface area contributed by atoms with E-state index in [1.165, 1.54) is 24.6 Å². The van der Waals surface area contributed by atoms with Crippen LogP contribution in [0.3, 0.4) is 0 Å². The smallest absolute Gasteiger partial charge is 0.325 e. The first kappa shape index (κ1) is 17.9. The van der Waals surface area contributed by atoms with E-state index in [0.717, 1.165) is 31.7 Å². The Hall–Kier alpha value is -2.44. The van der Waals surface area contributed by atoms with Gasteiger partial charge in [0.05, 0.1) is 5.56 Å². The number of carbonyl (C=O) groups is 3. The molecule has 0 spiro atoms. The third-order valence-corrected chi connectivity index (χ3v) is 3.85. The van der Waals surface area contributed by atoms with Crippen LogP contribution >= 0.6 is 0 Å². The number of hydrogen-bond acceptors (Lipinski definition) is 4. The van der Waals surface area contributed by atoms with Crippen LogP contribution in [0.5, 0.6) is 0 Å². The summed E-state index contributed by atoms with van der Waals surface area (Å²) >= 11 is 0. The predicted octanol–water partition coefficient (Wildman–Crippen LogP) is 1.55. The average Bonchev–Trinajstić information content (AvgIpc) is 2.59. The van der Waals surface area contributed by atoms with Crippen molar-refractivity contribution in [2.24, 2.45) is 0 Å². The van der Waals surface area contributed by atoms with E-state index in [9.17, 15) is 18.8 Å². The quantitative estimate of drug-likeness (QED) is 0.772. The Labute approximate surface area is 139 Å². The lowest BCUT2D eigenvalue weighted by molar-refractivity contribution is -0.147. The Morgan fingerprint density at radius 3 is 2.54 bits per heavy atom. The van der Waals surface area contributed by atoms with Gasteiger partial charge in [-0.3, -0.25) is 14.4 Å². The zero-order chi connectivity index (χ0) is 17.4. The second kappa shape index (κ2) is 9.00. The monoisotopic (exact) mass is 336 g/mol. The van der Waals surface area contributed by atoms with Crippen molar-refractivity contribution in [2.75, 3.05) is 13.2 Å². The number of amides is 2. The Morgan fingerprint density at radius 1 is 1.12 bits per heavy atom. The molecule has 0 aromatic heterocycles. The molecule has 1 saturated carbocycles. The molecule has 1 aromatic rings. The average molecular weight is 336 g/mol. The molecular formula is C17H21FN2O4. The zero-order valence-electron chi connectivity index (χ0n) is 13.3. The van der Waals surface area contributed by atoms with Crippen LogP contribution < -0.4 is 10.6 Å². The number of ether oxygens (including phenoxy) is 1. The van der Waals surface area contributed by atoms with Crippen molar-refractivity contribution in [3.8, 4) is 0 Å². The molecule has 1 aliphatic rings. The summed E-state index contributed by atoms with van der Waals surface area (Å²) < 4.78 is 18.2. The van der Waals surface area contributed by atoms with Gasteiger partial charge >= 0.3 is 5.97 Å². The van der Waals surface area contributed by atoms with E-state index in [-0.39, 0.29) is 24.1 Å². The first-order valence-corrected chi connectivity index (χ1v) is 8.04. The van der Waals surface area contributed by atoms with Gasteiger partial charge < -0.3 is 15.4 Å². The van der Waals surface area contributed by atoms with Crippen LogP contribution in [0.2, 0.25) is 0 Å². The van der Waals surface area contributed by atoms with Gasteiger partial charge in [-0.2, -0.15) is 0 Å². The molecule has 0 radical (unpaired) electrons. The fraction of sp³-hybridized carbons (Fsp3) is 0.471. The molecular weight excluding hydrogens is 315 g/mol. The van der Waals surface area contributed by atoms with Crippen LogP contribution in [0.4, 0.5) is 4.39 Å². The number of carbonyl (C=O) groups excluding carboxylic acids is 3. The minimum absolute atomic E-state index is 0.144. The summed E-state index contributed by atoms with van der Waals surface area (Å²) in [4.78, 5) is 35.0. The van der Waals surface area contributed by atoms with Gasteiger partial charge in [0.25, 0.3) is 11.8 Å². The Morgan fingerprint density at radius 2 is 1.83 bits per heavy atom. The third-order valence-electron chi connectivity index (χ3n) is 3.85. The van der Waals surface area contributed by atoms with Crippen molar-refractivity contribution in [1.29, 1.82) is 0 Å². The number of halogens is 1. The van der Waals surface area contributed by atoms with Crippen LogP contribution in [0, 0.1) is 5.82 Å². The second-order valence-corrected chi connectivity index (χ2v) is 5.73. The topological polar surface area (TPSA) is 84.5 Å². The van der Waals surface area contributed by atoms with Gasteiger partial charge in [0.1, 0.15) is 12.4 Å². The highest BCUT2D eigenvalue weighted by Crippen LogP contribution is 2.17. The first-order valence-electron chi connectivity index (χ1n) is 8.04. The van der Waals surface area contributed by atoms with Crippen molar-refractivity contribution in [1.82, 2.24) is 10.6 Å². The summed E-state index contributed by atoms with van der Waals surface area (Å²) in [5, 5.41) is 5.08. The van der Waals surface area contributed by atoms with Crippen molar-refractivity contribution >= 4 is 17.8 Å². The molecule has 24 heavy (non-hydrogen) atoms. The van der Waals surface area contributed by atoms with Crippen LogP contribution in [-0.4, -0.2) is 37.0 Å². The van der Waals surface area contributed by atoms with E-state index in [0.29, 0.717) is 0 Å². The van der Waals surface area contributed by atoms with E-state index in [1.54, 1.807) is 0 Å². The van der Waals surface area contributed by atoms with E-state index in [2.05, 4.69) is 10.6 Å². The molecule has 1 fully saturated rings. The molecule has 2 N–H and O–H groups in total. The molecule has 1 aromatic carbocycles. The number of rotatable bonds is 6. The van der Waals surface area contributed by atoms with Gasteiger partial charge in [-0.15, -0.1) is 0 Å².